The van der Waals surface area contributed by atoms with Crippen LogP contribution >= 0.6 is 0 Å². The molecule has 0 aliphatic carbocycles. The van der Waals surface area contributed by atoms with Crippen LogP contribution in [0.25, 0.3) is 0 Å². The van der Waals surface area contributed by atoms with Gasteiger partial charge >= 0.3 is 0 Å². The number of piperazine rings is 1. The first-order chi connectivity index (χ1) is 8.27. The second-order valence-corrected chi connectivity index (χ2v) is 5.58. The van der Waals surface area contributed by atoms with Crippen LogP contribution in [0.2, 0.25) is 0 Å². The van der Waals surface area contributed by atoms with Gasteiger partial charge in [-0.3, -0.25) is 4.90 Å². The quantitative estimate of drug-likeness (QED) is 0.600. The molecule has 0 aromatic carbocycles. The van der Waals surface area contributed by atoms with Crippen molar-refractivity contribution in [2.75, 3.05) is 32.7 Å². The van der Waals surface area contributed by atoms with Crippen molar-refractivity contribution in [3.63, 3.8) is 0 Å². The molecule has 1 unspecified atom stereocenters. The van der Waals surface area contributed by atoms with Gasteiger partial charge in [-0.25, -0.2) is 0 Å². The zero-order chi connectivity index (χ0) is 12.5. The highest BCUT2D eigenvalue weighted by Crippen LogP contribution is 2.12. The van der Waals surface area contributed by atoms with Gasteiger partial charge in [-0.2, -0.15) is 0 Å². The van der Waals surface area contributed by atoms with Crippen molar-refractivity contribution in [3.05, 3.63) is 0 Å². The molecule has 1 aliphatic heterocycles. The van der Waals surface area contributed by atoms with Crippen LogP contribution in [0.4, 0.5) is 0 Å². The topological polar surface area (TPSA) is 6.48 Å². The number of rotatable bonds is 8. The average molecular weight is 240 g/mol. The van der Waals surface area contributed by atoms with Crippen molar-refractivity contribution in [1.82, 2.24) is 9.80 Å². The zero-order valence-electron chi connectivity index (χ0n) is 12.2. The molecular formula is C15H32N2. The first-order valence-corrected chi connectivity index (χ1v) is 7.74. The lowest BCUT2D eigenvalue weighted by Gasteiger charge is -2.38. The second-order valence-electron chi connectivity index (χ2n) is 5.58. The van der Waals surface area contributed by atoms with E-state index in [9.17, 15) is 0 Å². The predicted octanol–water partition coefficient (Wildman–Crippen LogP) is 3.37. The molecule has 0 bridgehead atoms. The Hall–Kier alpha value is -0.0800. The average Bonchev–Trinajstić information content (AvgIpc) is 2.37. The number of nitrogens with zero attached hydrogens (tertiary/aromatic N) is 2. The molecule has 17 heavy (non-hydrogen) atoms. The highest BCUT2D eigenvalue weighted by atomic mass is 15.3. The fourth-order valence-corrected chi connectivity index (χ4v) is 2.70. The molecule has 2 heteroatoms. The molecule has 1 atom stereocenters. The normalized spacial score (nSPS) is 20.6. The van der Waals surface area contributed by atoms with Crippen LogP contribution in [0.15, 0.2) is 0 Å². The minimum Gasteiger partial charge on any atom is -0.301 e. The van der Waals surface area contributed by atoms with Crippen LogP contribution < -0.4 is 0 Å². The first-order valence-electron chi connectivity index (χ1n) is 7.74. The molecule has 0 spiro atoms. The van der Waals surface area contributed by atoms with Gasteiger partial charge in [-0.1, -0.05) is 39.5 Å². The number of unbranched alkanes of at least 4 members (excludes halogenated alkanes) is 3. The SMILES string of the molecule is CCCCCN1CCN(C(C)CCCC)CC1. The molecule has 1 heterocycles. The maximum absolute atomic E-state index is 2.69. The van der Waals surface area contributed by atoms with E-state index in [-0.39, 0.29) is 0 Å². The molecule has 0 aromatic heterocycles. The van der Waals surface area contributed by atoms with Gasteiger partial charge < -0.3 is 4.90 Å². The Bertz CT molecular complexity index is 174. The number of hydrogen-bond acceptors (Lipinski definition) is 2. The summed E-state index contributed by atoms with van der Waals surface area (Å²) in [6.07, 6.45) is 8.23. The summed E-state index contributed by atoms with van der Waals surface area (Å²) < 4.78 is 0. The summed E-state index contributed by atoms with van der Waals surface area (Å²) in [6.45, 7) is 13.5. The minimum atomic E-state index is 0.799. The van der Waals surface area contributed by atoms with Gasteiger partial charge in [0.25, 0.3) is 0 Å². The maximum atomic E-state index is 2.69. The summed E-state index contributed by atoms with van der Waals surface area (Å²) in [4.78, 5) is 5.34. The third-order valence-electron chi connectivity index (χ3n) is 4.08. The fraction of sp³-hybridized carbons (Fsp3) is 1.00. The van der Waals surface area contributed by atoms with Crippen molar-refractivity contribution in [1.29, 1.82) is 0 Å². The van der Waals surface area contributed by atoms with E-state index in [1.54, 1.807) is 0 Å². The van der Waals surface area contributed by atoms with Crippen molar-refractivity contribution >= 4 is 0 Å². The molecule has 0 amide bonds. The Morgan fingerprint density at radius 2 is 1.53 bits per heavy atom. The van der Waals surface area contributed by atoms with E-state index in [1.165, 1.54) is 71.2 Å². The Morgan fingerprint density at radius 3 is 2.12 bits per heavy atom. The largest absolute Gasteiger partial charge is 0.301 e. The first kappa shape index (κ1) is 15.0. The van der Waals surface area contributed by atoms with Crippen molar-refractivity contribution < 1.29 is 0 Å². The molecule has 102 valence electrons. The van der Waals surface area contributed by atoms with Crippen LogP contribution in [0.5, 0.6) is 0 Å². The third kappa shape index (κ3) is 5.87. The van der Waals surface area contributed by atoms with Crippen molar-refractivity contribution in [2.24, 2.45) is 0 Å². The van der Waals surface area contributed by atoms with E-state index < -0.39 is 0 Å². The minimum absolute atomic E-state index is 0.799. The molecule has 0 saturated carbocycles. The Morgan fingerprint density at radius 1 is 0.882 bits per heavy atom. The molecule has 1 saturated heterocycles. The lowest BCUT2D eigenvalue weighted by molar-refractivity contribution is 0.0968. The van der Waals surface area contributed by atoms with E-state index in [0.717, 1.165) is 6.04 Å². The smallest absolute Gasteiger partial charge is 0.0113 e. The summed E-state index contributed by atoms with van der Waals surface area (Å²) in [5.74, 6) is 0. The Kier molecular flexibility index (Phi) is 7.87. The highest BCUT2D eigenvalue weighted by molar-refractivity contribution is 4.76. The standard InChI is InChI=1S/C15H32N2/c1-4-6-8-10-16-11-13-17(14-12-16)15(3)9-7-5-2/h15H,4-14H2,1-3H3. The lowest BCUT2D eigenvalue weighted by atomic mass is 10.1. The summed E-state index contributed by atoms with van der Waals surface area (Å²) in [7, 11) is 0. The fourth-order valence-electron chi connectivity index (χ4n) is 2.70. The van der Waals surface area contributed by atoms with Gasteiger partial charge in [-0.05, 0) is 26.3 Å². The van der Waals surface area contributed by atoms with Crippen LogP contribution in [0, 0.1) is 0 Å². The van der Waals surface area contributed by atoms with Crippen LogP contribution in [0.3, 0.4) is 0 Å². The molecule has 1 fully saturated rings. The molecule has 2 nitrogen and oxygen atoms in total. The van der Waals surface area contributed by atoms with E-state index >= 15 is 0 Å². The molecule has 0 N–H and O–H groups in total. The van der Waals surface area contributed by atoms with Crippen molar-refractivity contribution in [2.45, 2.75) is 65.3 Å². The summed E-state index contributed by atoms with van der Waals surface area (Å²) in [6, 6.07) is 0.799. The molecular weight excluding hydrogens is 208 g/mol. The van der Waals surface area contributed by atoms with Crippen LogP contribution in [-0.2, 0) is 0 Å². The third-order valence-corrected chi connectivity index (χ3v) is 4.08. The predicted molar refractivity (Wildman–Crippen MR) is 76.5 cm³/mol. The van der Waals surface area contributed by atoms with Gasteiger partial charge in [0.1, 0.15) is 0 Å². The maximum Gasteiger partial charge on any atom is 0.0113 e. The summed E-state index contributed by atoms with van der Waals surface area (Å²) in [5.41, 5.74) is 0. The van der Waals surface area contributed by atoms with E-state index in [1.807, 2.05) is 0 Å². The van der Waals surface area contributed by atoms with Crippen LogP contribution in [0.1, 0.15) is 59.3 Å². The van der Waals surface area contributed by atoms with Gasteiger partial charge in [0, 0.05) is 32.2 Å². The highest BCUT2D eigenvalue weighted by Gasteiger charge is 2.19. The molecule has 1 rings (SSSR count). The van der Waals surface area contributed by atoms with Crippen LogP contribution in [-0.4, -0.2) is 48.6 Å². The summed E-state index contributed by atoms with van der Waals surface area (Å²) >= 11 is 0. The van der Waals surface area contributed by atoms with Gasteiger partial charge in [0.15, 0.2) is 0 Å². The van der Waals surface area contributed by atoms with Gasteiger partial charge in [0.2, 0.25) is 0 Å². The van der Waals surface area contributed by atoms with E-state index in [2.05, 4.69) is 30.6 Å². The van der Waals surface area contributed by atoms with Crippen molar-refractivity contribution in [3.8, 4) is 0 Å². The van der Waals surface area contributed by atoms with E-state index in [0.29, 0.717) is 0 Å². The molecule has 0 aromatic rings. The Balaban J connectivity index is 2.12. The molecule has 0 radical (unpaired) electrons. The summed E-state index contributed by atoms with van der Waals surface area (Å²) in [5, 5.41) is 0. The molecule has 1 aliphatic rings. The second kappa shape index (κ2) is 8.93. The van der Waals surface area contributed by atoms with E-state index in [4.69, 9.17) is 0 Å². The van der Waals surface area contributed by atoms with Gasteiger partial charge in [0.05, 0.1) is 0 Å². The lowest BCUT2D eigenvalue weighted by Crippen LogP contribution is -2.49. The Labute approximate surface area is 108 Å². The number of hydrogen-bond donors (Lipinski definition) is 0. The van der Waals surface area contributed by atoms with Gasteiger partial charge in [-0.15, -0.1) is 0 Å². The monoisotopic (exact) mass is 240 g/mol. The zero-order valence-corrected chi connectivity index (χ0v) is 12.2.